The third-order valence-electron chi connectivity index (χ3n) is 1.90. The first kappa shape index (κ1) is 10.7. The average Bonchev–Trinajstić information content (AvgIpc) is 2.58. The highest BCUT2D eigenvalue weighted by Crippen LogP contribution is 2.15. The summed E-state index contributed by atoms with van der Waals surface area (Å²) in [5.74, 6) is 0.618. The van der Waals surface area contributed by atoms with Gasteiger partial charge in [-0.2, -0.15) is 11.3 Å². The Morgan fingerprint density at radius 3 is 2.77 bits per heavy atom. The van der Waals surface area contributed by atoms with Crippen LogP contribution in [-0.4, -0.2) is 18.3 Å². The van der Waals surface area contributed by atoms with Crippen molar-refractivity contribution < 1.29 is 5.11 Å². The lowest BCUT2D eigenvalue weighted by atomic mass is 10.1. The molecule has 13 heavy (non-hydrogen) atoms. The van der Waals surface area contributed by atoms with E-state index in [2.05, 4.69) is 30.6 Å². The first-order valence-corrected chi connectivity index (χ1v) is 5.54. The van der Waals surface area contributed by atoms with E-state index in [1.165, 1.54) is 5.56 Å². The van der Waals surface area contributed by atoms with Gasteiger partial charge in [-0.3, -0.25) is 0 Å². The minimum Gasteiger partial charge on any atom is -0.394 e. The second-order valence-corrected chi connectivity index (χ2v) is 4.37. The number of aliphatic hydroxyl groups is 1. The molecule has 1 atom stereocenters. The highest BCUT2D eigenvalue weighted by molar-refractivity contribution is 7.07. The van der Waals surface area contributed by atoms with Crippen LogP contribution in [0.25, 0.3) is 0 Å². The van der Waals surface area contributed by atoms with Crippen LogP contribution < -0.4 is 5.32 Å². The van der Waals surface area contributed by atoms with E-state index in [0.717, 1.165) is 6.54 Å². The summed E-state index contributed by atoms with van der Waals surface area (Å²) >= 11 is 1.67. The molecular formula is C10H17NOS. The SMILES string of the molecule is CC(C)CNC(CO)c1ccsc1. The van der Waals surface area contributed by atoms with Crippen LogP contribution in [0, 0.1) is 5.92 Å². The fourth-order valence-corrected chi connectivity index (χ4v) is 1.85. The lowest BCUT2D eigenvalue weighted by Crippen LogP contribution is -2.27. The summed E-state index contributed by atoms with van der Waals surface area (Å²) < 4.78 is 0. The summed E-state index contributed by atoms with van der Waals surface area (Å²) in [5.41, 5.74) is 1.19. The number of aliphatic hydroxyl groups excluding tert-OH is 1. The third-order valence-corrected chi connectivity index (χ3v) is 2.60. The molecule has 0 aliphatic heterocycles. The van der Waals surface area contributed by atoms with Crippen LogP contribution in [0.3, 0.4) is 0 Å². The largest absolute Gasteiger partial charge is 0.394 e. The highest BCUT2D eigenvalue weighted by atomic mass is 32.1. The molecule has 0 fully saturated rings. The molecule has 0 radical (unpaired) electrons. The first-order valence-electron chi connectivity index (χ1n) is 4.60. The van der Waals surface area contributed by atoms with Crippen molar-refractivity contribution >= 4 is 11.3 Å². The predicted octanol–water partition coefficient (Wildman–Crippen LogP) is 2.03. The van der Waals surface area contributed by atoms with E-state index in [1.807, 2.05) is 5.38 Å². The summed E-state index contributed by atoms with van der Waals surface area (Å²) in [6.07, 6.45) is 0. The molecule has 0 aliphatic carbocycles. The minimum atomic E-state index is 0.105. The summed E-state index contributed by atoms with van der Waals surface area (Å²) in [4.78, 5) is 0. The van der Waals surface area contributed by atoms with Crippen LogP contribution in [0.15, 0.2) is 16.8 Å². The highest BCUT2D eigenvalue weighted by Gasteiger charge is 2.09. The Bertz CT molecular complexity index is 221. The number of hydrogen-bond donors (Lipinski definition) is 2. The van der Waals surface area contributed by atoms with Gasteiger partial charge in [-0.25, -0.2) is 0 Å². The van der Waals surface area contributed by atoms with Crippen molar-refractivity contribution in [3.63, 3.8) is 0 Å². The molecule has 74 valence electrons. The Balaban J connectivity index is 2.44. The summed E-state index contributed by atoms with van der Waals surface area (Å²) in [5, 5.41) is 16.6. The fraction of sp³-hybridized carbons (Fsp3) is 0.600. The first-order chi connectivity index (χ1) is 6.24. The van der Waals surface area contributed by atoms with Crippen LogP contribution in [0.1, 0.15) is 25.5 Å². The second kappa shape index (κ2) is 5.37. The number of thiophene rings is 1. The van der Waals surface area contributed by atoms with Crippen LogP contribution in [0.2, 0.25) is 0 Å². The van der Waals surface area contributed by atoms with E-state index in [1.54, 1.807) is 11.3 Å². The van der Waals surface area contributed by atoms with Gasteiger partial charge in [0.25, 0.3) is 0 Å². The van der Waals surface area contributed by atoms with Crippen molar-refractivity contribution in [2.45, 2.75) is 19.9 Å². The predicted molar refractivity (Wildman–Crippen MR) is 57.0 cm³/mol. The standard InChI is InChI=1S/C10H17NOS/c1-8(2)5-11-10(6-12)9-3-4-13-7-9/h3-4,7-8,10-12H,5-6H2,1-2H3. The maximum atomic E-state index is 9.15. The van der Waals surface area contributed by atoms with Crippen LogP contribution in [0.5, 0.6) is 0 Å². The molecule has 0 amide bonds. The number of nitrogens with one attached hydrogen (secondary N) is 1. The van der Waals surface area contributed by atoms with Crippen molar-refractivity contribution in [2.24, 2.45) is 5.92 Å². The molecular weight excluding hydrogens is 182 g/mol. The van der Waals surface area contributed by atoms with Crippen LogP contribution in [0.4, 0.5) is 0 Å². The quantitative estimate of drug-likeness (QED) is 0.760. The van der Waals surface area contributed by atoms with Crippen LogP contribution in [-0.2, 0) is 0 Å². The Labute approximate surface area is 83.6 Å². The summed E-state index contributed by atoms with van der Waals surface area (Å²) in [6.45, 7) is 5.44. The zero-order chi connectivity index (χ0) is 9.68. The van der Waals surface area contributed by atoms with Gasteiger partial charge in [-0.15, -0.1) is 0 Å². The molecule has 0 bridgehead atoms. The van der Waals surface area contributed by atoms with Crippen molar-refractivity contribution in [2.75, 3.05) is 13.2 Å². The van der Waals surface area contributed by atoms with Crippen molar-refractivity contribution in [1.29, 1.82) is 0 Å². The van der Waals surface area contributed by atoms with Gasteiger partial charge in [0.1, 0.15) is 0 Å². The maximum Gasteiger partial charge on any atom is 0.0626 e. The Hall–Kier alpha value is -0.380. The Morgan fingerprint density at radius 1 is 1.54 bits per heavy atom. The van der Waals surface area contributed by atoms with Gasteiger partial charge in [0.15, 0.2) is 0 Å². The molecule has 0 spiro atoms. The minimum absolute atomic E-state index is 0.105. The second-order valence-electron chi connectivity index (χ2n) is 3.59. The van der Waals surface area contributed by atoms with Gasteiger partial charge in [0, 0.05) is 0 Å². The number of hydrogen-bond acceptors (Lipinski definition) is 3. The molecule has 0 saturated carbocycles. The average molecular weight is 199 g/mol. The van der Waals surface area contributed by atoms with Gasteiger partial charge < -0.3 is 10.4 Å². The lowest BCUT2D eigenvalue weighted by molar-refractivity contribution is 0.241. The molecule has 3 heteroatoms. The monoisotopic (exact) mass is 199 g/mol. The van der Waals surface area contributed by atoms with Crippen LogP contribution >= 0.6 is 11.3 Å². The van der Waals surface area contributed by atoms with E-state index in [9.17, 15) is 0 Å². The molecule has 0 saturated heterocycles. The van der Waals surface area contributed by atoms with E-state index < -0.39 is 0 Å². The fourth-order valence-electron chi connectivity index (χ4n) is 1.14. The van der Waals surface area contributed by atoms with Gasteiger partial charge in [0.2, 0.25) is 0 Å². The zero-order valence-corrected chi connectivity index (χ0v) is 8.97. The van der Waals surface area contributed by atoms with Gasteiger partial charge in [-0.05, 0) is 34.9 Å². The normalized spacial score (nSPS) is 13.5. The van der Waals surface area contributed by atoms with E-state index in [-0.39, 0.29) is 12.6 Å². The summed E-state index contributed by atoms with van der Waals surface area (Å²) in [6, 6.07) is 2.16. The van der Waals surface area contributed by atoms with E-state index >= 15 is 0 Å². The third kappa shape index (κ3) is 3.46. The Kier molecular flexibility index (Phi) is 4.42. The summed E-state index contributed by atoms with van der Waals surface area (Å²) in [7, 11) is 0. The van der Waals surface area contributed by atoms with Gasteiger partial charge in [-0.1, -0.05) is 13.8 Å². The molecule has 2 nitrogen and oxygen atoms in total. The zero-order valence-electron chi connectivity index (χ0n) is 8.16. The van der Waals surface area contributed by atoms with E-state index in [0.29, 0.717) is 5.92 Å². The van der Waals surface area contributed by atoms with Gasteiger partial charge in [0.05, 0.1) is 12.6 Å². The smallest absolute Gasteiger partial charge is 0.0626 e. The molecule has 0 aromatic carbocycles. The van der Waals surface area contributed by atoms with Crippen molar-refractivity contribution in [3.05, 3.63) is 22.4 Å². The number of rotatable bonds is 5. The molecule has 1 rings (SSSR count). The molecule has 1 unspecified atom stereocenters. The van der Waals surface area contributed by atoms with Gasteiger partial charge >= 0.3 is 0 Å². The molecule has 1 heterocycles. The topological polar surface area (TPSA) is 32.3 Å². The van der Waals surface area contributed by atoms with Crippen molar-refractivity contribution in [1.82, 2.24) is 5.32 Å². The molecule has 1 aromatic rings. The Morgan fingerprint density at radius 2 is 2.31 bits per heavy atom. The molecule has 2 N–H and O–H groups in total. The lowest BCUT2D eigenvalue weighted by Gasteiger charge is -2.16. The van der Waals surface area contributed by atoms with Crippen molar-refractivity contribution in [3.8, 4) is 0 Å². The maximum absolute atomic E-state index is 9.15. The molecule has 1 aromatic heterocycles. The molecule has 0 aliphatic rings. The van der Waals surface area contributed by atoms with E-state index in [4.69, 9.17) is 5.11 Å².